The molecule has 1 rings (SSSR count). The van der Waals surface area contributed by atoms with Gasteiger partial charge in [0.05, 0.1) is 12.3 Å². The molecule has 0 aliphatic rings. The third kappa shape index (κ3) is 4.17. The molecule has 0 aromatic carbocycles. The first-order valence-corrected chi connectivity index (χ1v) is 8.20. The van der Waals surface area contributed by atoms with Gasteiger partial charge in [0.25, 0.3) is 10.0 Å². The van der Waals surface area contributed by atoms with E-state index in [4.69, 9.17) is 11.6 Å². The van der Waals surface area contributed by atoms with Crippen molar-refractivity contribution in [1.29, 1.82) is 0 Å². The maximum Gasteiger partial charge on any atom is 0.252 e. The van der Waals surface area contributed by atoms with Crippen LogP contribution in [0.25, 0.3) is 0 Å². The summed E-state index contributed by atoms with van der Waals surface area (Å²) in [6.45, 7) is 5.29. The average molecular weight is 313 g/mol. The predicted octanol–water partition coefficient (Wildman–Crippen LogP) is 1.79. The second-order valence-electron chi connectivity index (χ2n) is 4.47. The normalized spacial score (nSPS) is 14.1. The van der Waals surface area contributed by atoms with Gasteiger partial charge in [-0.2, -0.15) is 0 Å². The van der Waals surface area contributed by atoms with Gasteiger partial charge in [-0.25, -0.2) is 18.1 Å². The Bertz CT molecular complexity index is 499. The van der Waals surface area contributed by atoms with Crippen LogP contribution in [-0.4, -0.2) is 31.2 Å². The van der Waals surface area contributed by atoms with Gasteiger partial charge >= 0.3 is 0 Å². The molecule has 104 valence electrons. The van der Waals surface area contributed by atoms with Crippen molar-refractivity contribution < 1.29 is 13.5 Å². The molecule has 0 saturated carbocycles. The van der Waals surface area contributed by atoms with E-state index in [-0.39, 0.29) is 21.2 Å². The molecule has 0 amide bonds. The molecule has 0 aliphatic heterocycles. The van der Waals surface area contributed by atoms with Crippen LogP contribution in [-0.2, 0) is 10.0 Å². The zero-order valence-electron chi connectivity index (χ0n) is 10.5. The lowest BCUT2D eigenvalue weighted by molar-refractivity contribution is 0.240. The molecule has 0 radical (unpaired) electrons. The van der Waals surface area contributed by atoms with Gasteiger partial charge in [-0.05, 0) is 19.3 Å². The van der Waals surface area contributed by atoms with Crippen molar-refractivity contribution in [1.82, 2.24) is 9.71 Å². The van der Waals surface area contributed by atoms with E-state index < -0.39 is 16.1 Å². The number of sulfonamides is 1. The summed E-state index contributed by atoms with van der Waals surface area (Å²) in [6, 6.07) is -0.490. The third-order valence-corrected chi connectivity index (χ3v) is 5.66. The highest BCUT2D eigenvalue weighted by Gasteiger charge is 2.25. The molecule has 0 spiro atoms. The van der Waals surface area contributed by atoms with E-state index in [1.54, 1.807) is 6.92 Å². The molecule has 1 atom stereocenters. The van der Waals surface area contributed by atoms with Crippen LogP contribution < -0.4 is 4.72 Å². The highest BCUT2D eigenvalue weighted by Crippen LogP contribution is 2.26. The summed E-state index contributed by atoms with van der Waals surface area (Å²) in [4.78, 5) is 3.87. The van der Waals surface area contributed by atoms with Gasteiger partial charge in [0, 0.05) is 6.04 Å². The van der Waals surface area contributed by atoms with E-state index >= 15 is 0 Å². The number of aromatic nitrogens is 1. The van der Waals surface area contributed by atoms with Crippen LogP contribution in [0.1, 0.15) is 26.0 Å². The molecule has 0 aliphatic carbocycles. The van der Waals surface area contributed by atoms with Gasteiger partial charge in [0.1, 0.15) is 0 Å². The Kier molecular flexibility index (Phi) is 5.54. The fourth-order valence-corrected chi connectivity index (χ4v) is 4.60. The molecule has 18 heavy (non-hydrogen) atoms. The molecule has 5 nitrogen and oxygen atoms in total. The number of thiazole rings is 1. The SMILES string of the molecule is Cc1nc(Cl)sc1S(=O)(=O)NC(CO)CC(C)C. The predicted molar refractivity (Wildman–Crippen MR) is 72.5 cm³/mol. The van der Waals surface area contributed by atoms with E-state index in [1.807, 2.05) is 13.8 Å². The lowest BCUT2D eigenvalue weighted by Gasteiger charge is -2.17. The molecule has 1 aromatic heterocycles. The van der Waals surface area contributed by atoms with Gasteiger partial charge in [-0.1, -0.05) is 36.8 Å². The Morgan fingerprint density at radius 1 is 1.50 bits per heavy atom. The van der Waals surface area contributed by atoms with Gasteiger partial charge < -0.3 is 5.11 Å². The molecule has 0 fully saturated rings. The van der Waals surface area contributed by atoms with Crippen molar-refractivity contribution in [2.75, 3.05) is 6.61 Å². The highest BCUT2D eigenvalue weighted by molar-refractivity contribution is 7.91. The molecular weight excluding hydrogens is 296 g/mol. The van der Waals surface area contributed by atoms with Crippen molar-refractivity contribution >= 4 is 33.0 Å². The highest BCUT2D eigenvalue weighted by atomic mass is 35.5. The number of nitrogens with one attached hydrogen (secondary N) is 1. The van der Waals surface area contributed by atoms with Gasteiger partial charge in [-0.15, -0.1) is 0 Å². The molecule has 1 unspecified atom stereocenters. The maximum atomic E-state index is 12.1. The van der Waals surface area contributed by atoms with Crippen LogP contribution >= 0.6 is 22.9 Å². The minimum Gasteiger partial charge on any atom is -0.395 e. The van der Waals surface area contributed by atoms with E-state index in [0.29, 0.717) is 12.1 Å². The zero-order valence-corrected chi connectivity index (χ0v) is 12.9. The van der Waals surface area contributed by atoms with Crippen LogP contribution in [0, 0.1) is 12.8 Å². The second-order valence-corrected chi connectivity index (χ2v) is 7.96. The Hall–Kier alpha value is -0.210. The van der Waals surface area contributed by atoms with E-state index in [2.05, 4.69) is 9.71 Å². The van der Waals surface area contributed by atoms with Crippen molar-refractivity contribution in [2.24, 2.45) is 5.92 Å². The number of aliphatic hydroxyl groups is 1. The lowest BCUT2D eigenvalue weighted by Crippen LogP contribution is -2.38. The first-order chi connectivity index (χ1) is 8.26. The summed E-state index contributed by atoms with van der Waals surface area (Å²) in [5.74, 6) is 0.288. The Morgan fingerprint density at radius 2 is 2.11 bits per heavy atom. The summed E-state index contributed by atoms with van der Waals surface area (Å²) in [5.41, 5.74) is 0.374. The molecule has 0 saturated heterocycles. The molecular formula is C10H17ClN2O3S2. The van der Waals surface area contributed by atoms with Crippen LogP contribution in [0.4, 0.5) is 0 Å². The average Bonchev–Trinajstić information content (AvgIpc) is 2.56. The summed E-state index contributed by atoms with van der Waals surface area (Å²) >= 11 is 6.61. The van der Waals surface area contributed by atoms with E-state index in [0.717, 1.165) is 11.3 Å². The summed E-state index contributed by atoms with van der Waals surface area (Å²) in [5, 5.41) is 9.19. The van der Waals surface area contributed by atoms with Crippen molar-refractivity contribution in [3.63, 3.8) is 0 Å². The van der Waals surface area contributed by atoms with E-state index in [1.165, 1.54) is 0 Å². The van der Waals surface area contributed by atoms with Crippen LogP contribution in [0.3, 0.4) is 0 Å². The van der Waals surface area contributed by atoms with Crippen molar-refractivity contribution in [2.45, 2.75) is 37.4 Å². The number of hydrogen-bond acceptors (Lipinski definition) is 5. The van der Waals surface area contributed by atoms with Gasteiger partial charge in [0.15, 0.2) is 8.68 Å². The quantitative estimate of drug-likeness (QED) is 0.839. The molecule has 2 N–H and O–H groups in total. The van der Waals surface area contributed by atoms with Gasteiger partial charge in [0.2, 0.25) is 0 Å². The van der Waals surface area contributed by atoms with Crippen LogP contribution in [0.5, 0.6) is 0 Å². The van der Waals surface area contributed by atoms with Crippen LogP contribution in [0.15, 0.2) is 4.21 Å². The number of aryl methyl sites for hydroxylation is 1. The van der Waals surface area contributed by atoms with Crippen molar-refractivity contribution in [3.8, 4) is 0 Å². The first-order valence-electron chi connectivity index (χ1n) is 5.52. The van der Waals surface area contributed by atoms with Crippen molar-refractivity contribution in [3.05, 3.63) is 10.2 Å². The summed E-state index contributed by atoms with van der Waals surface area (Å²) in [6.07, 6.45) is 0.571. The minimum absolute atomic E-state index is 0.106. The Balaban J connectivity index is 2.90. The topological polar surface area (TPSA) is 79.3 Å². The molecule has 8 heteroatoms. The molecule has 1 aromatic rings. The lowest BCUT2D eigenvalue weighted by atomic mass is 10.1. The zero-order chi connectivity index (χ0) is 13.9. The number of nitrogens with zero attached hydrogens (tertiary/aromatic N) is 1. The number of halogens is 1. The maximum absolute atomic E-state index is 12.1. The number of rotatable bonds is 6. The number of hydrogen-bond donors (Lipinski definition) is 2. The Morgan fingerprint density at radius 3 is 2.50 bits per heavy atom. The summed E-state index contributed by atoms with van der Waals surface area (Å²) in [7, 11) is -3.67. The third-order valence-electron chi connectivity index (χ3n) is 2.27. The summed E-state index contributed by atoms with van der Waals surface area (Å²) < 4.78 is 27.0. The standard InChI is InChI=1S/C10H17ClN2O3S2/c1-6(2)4-8(5-14)13-18(15,16)9-7(3)12-10(11)17-9/h6,8,13-14H,4-5H2,1-3H3. The van der Waals surface area contributed by atoms with Crippen LogP contribution in [0.2, 0.25) is 4.47 Å². The number of aliphatic hydroxyl groups excluding tert-OH is 1. The first kappa shape index (κ1) is 15.8. The molecule has 1 heterocycles. The van der Waals surface area contributed by atoms with Gasteiger partial charge in [-0.3, -0.25) is 0 Å². The fraction of sp³-hybridized carbons (Fsp3) is 0.700. The smallest absolute Gasteiger partial charge is 0.252 e. The fourth-order valence-electron chi connectivity index (χ4n) is 1.60. The Labute approximate surface area is 116 Å². The second kappa shape index (κ2) is 6.29. The monoisotopic (exact) mass is 312 g/mol. The minimum atomic E-state index is -3.67. The van der Waals surface area contributed by atoms with E-state index in [9.17, 15) is 13.5 Å². The largest absolute Gasteiger partial charge is 0.395 e. The molecule has 0 bridgehead atoms.